The first-order chi connectivity index (χ1) is 9.72. The molecule has 6 nitrogen and oxygen atoms in total. The number of piperazine rings is 1. The minimum Gasteiger partial charge on any atom is -0.450 e. The van der Waals surface area contributed by atoms with E-state index in [1.54, 1.807) is 11.8 Å². The molecule has 1 atom stereocenters. The van der Waals surface area contributed by atoms with E-state index in [1.165, 1.54) is 0 Å². The molecule has 2 fully saturated rings. The number of rotatable bonds is 2. The Bertz CT molecular complexity index is 333. The zero-order valence-electron chi connectivity index (χ0n) is 12.3. The summed E-state index contributed by atoms with van der Waals surface area (Å²) in [4.78, 5) is 27.7. The van der Waals surface area contributed by atoms with Gasteiger partial charge in [0, 0.05) is 32.1 Å². The van der Waals surface area contributed by atoms with Crippen LogP contribution in [0.1, 0.15) is 26.2 Å². The van der Waals surface area contributed by atoms with E-state index in [4.69, 9.17) is 4.74 Å². The quantitative estimate of drug-likeness (QED) is 0.809. The van der Waals surface area contributed by atoms with Crippen LogP contribution in [-0.2, 0) is 9.53 Å². The van der Waals surface area contributed by atoms with E-state index in [0.29, 0.717) is 32.8 Å². The second-order valence-electron chi connectivity index (χ2n) is 5.39. The van der Waals surface area contributed by atoms with Gasteiger partial charge >= 0.3 is 6.09 Å². The second-order valence-corrected chi connectivity index (χ2v) is 5.39. The Kier molecular flexibility index (Phi) is 5.64. The SMILES string of the molecule is CCOC(=O)N1CCN(C(=O)[C@@H]2CCCNCC2)CC1. The number of amides is 2. The van der Waals surface area contributed by atoms with Gasteiger partial charge in [-0.05, 0) is 39.3 Å². The predicted octanol–water partition coefficient (Wildman–Crippen LogP) is 0.677. The molecule has 0 saturated carbocycles. The Hall–Kier alpha value is -1.30. The molecule has 0 bridgehead atoms. The molecule has 2 heterocycles. The molecule has 114 valence electrons. The molecule has 0 spiro atoms. The van der Waals surface area contributed by atoms with Crippen molar-refractivity contribution in [3.63, 3.8) is 0 Å². The van der Waals surface area contributed by atoms with Crippen LogP contribution in [0.25, 0.3) is 0 Å². The molecule has 2 amide bonds. The molecule has 0 aromatic carbocycles. The van der Waals surface area contributed by atoms with Gasteiger partial charge in [-0.2, -0.15) is 0 Å². The number of nitrogens with one attached hydrogen (secondary N) is 1. The van der Waals surface area contributed by atoms with Gasteiger partial charge in [0.2, 0.25) is 5.91 Å². The summed E-state index contributed by atoms with van der Waals surface area (Å²) in [7, 11) is 0. The summed E-state index contributed by atoms with van der Waals surface area (Å²) in [6.07, 6.45) is 2.71. The van der Waals surface area contributed by atoms with E-state index in [0.717, 1.165) is 32.4 Å². The van der Waals surface area contributed by atoms with Gasteiger partial charge in [-0.1, -0.05) is 0 Å². The molecule has 6 heteroatoms. The van der Waals surface area contributed by atoms with Crippen LogP contribution >= 0.6 is 0 Å². The van der Waals surface area contributed by atoms with Crippen molar-refractivity contribution in [1.29, 1.82) is 0 Å². The van der Waals surface area contributed by atoms with Gasteiger partial charge in [-0.15, -0.1) is 0 Å². The first-order valence-electron chi connectivity index (χ1n) is 7.63. The zero-order chi connectivity index (χ0) is 14.4. The average molecular weight is 283 g/mol. The summed E-state index contributed by atoms with van der Waals surface area (Å²) in [5.41, 5.74) is 0. The van der Waals surface area contributed by atoms with Gasteiger partial charge < -0.3 is 19.9 Å². The molecular weight excluding hydrogens is 258 g/mol. The van der Waals surface area contributed by atoms with Crippen LogP contribution in [0.5, 0.6) is 0 Å². The maximum Gasteiger partial charge on any atom is 0.409 e. The topological polar surface area (TPSA) is 61.9 Å². The lowest BCUT2D eigenvalue weighted by molar-refractivity contribution is -0.137. The predicted molar refractivity (Wildman–Crippen MR) is 75.4 cm³/mol. The number of hydrogen-bond acceptors (Lipinski definition) is 4. The van der Waals surface area contributed by atoms with Gasteiger partial charge in [-0.25, -0.2) is 4.79 Å². The summed E-state index contributed by atoms with van der Waals surface area (Å²) in [5, 5.41) is 3.33. The Morgan fingerprint density at radius 2 is 1.80 bits per heavy atom. The zero-order valence-corrected chi connectivity index (χ0v) is 12.3. The molecule has 20 heavy (non-hydrogen) atoms. The molecule has 2 aliphatic heterocycles. The van der Waals surface area contributed by atoms with E-state index in [2.05, 4.69) is 5.32 Å². The maximum atomic E-state index is 12.5. The van der Waals surface area contributed by atoms with Gasteiger partial charge in [0.15, 0.2) is 0 Å². The van der Waals surface area contributed by atoms with Crippen LogP contribution in [0.3, 0.4) is 0 Å². The fourth-order valence-corrected chi connectivity index (χ4v) is 2.85. The van der Waals surface area contributed by atoms with Crippen molar-refractivity contribution < 1.29 is 14.3 Å². The van der Waals surface area contributed by atoms with Gasteiger partial charge in [0.1, 0.15) is 0 Å². The van der Waals surface area contributed by atoms with Gasteiger partial charge in [-0.3, -0.25) is 4.79 Å². The highest BCUT2D eigenvalue weighted by atomic mass is 16.6. The molecule has 0 aromatic heterocycles. The summed E-state index contributed by atoms with van der Waals surface area (Å²) < 4.78 is 4.99. The van der Waals surface area contributed by atoms with Crippen LogP contribution in [0.2, 0.25) is 0 Å². The summed E-state index contributed by atoms with van der Waals surface area (Å²) in [5.74, 6) is 0.413. The first kappa shape index (κ1) is 15.1. The molecule has 0 unspecified atom stereocenters. The van der Waals surface area contributed by atoms with E-state index in [-0.39, 0.29) is 17.9 Å². The highest BCUT2D eigenvalue weighted by molar-refractivity contribution is 5.79. The lowest BCUT2D eigenvalue weighted by Crippen LogP contribution is -2.52. The van der Waals surface area contributed by atoms with Crippen molar-refractivity contribution in [3.05, 3.63) is 0 Å². The Balaban J connectivity index is 1.80. The highest BCUT2D eigenvalue weighted by Gasteiger charge is 2.29. The van der Waals surface area contributed by atoms with E-state index in [9.17, 15) is 9.59 Å². The Labute approximate surface area is 120 Å². The Morgan fingerprint density at radius 3 is 2.50 bits per heavy atom. The van der Waals surface area contributed by atoms with E-state index >= 15 is 0 Å². The third-order valence-corrected chi connectivity index (χ3v) is 4.04. The van der Waals surface area contributed by atoms with Crippen LogP contribution < -0.4 is 5.32 Å². The number of carbonyl (C=O) groups is 2. The summed E-state index contributed by atoms with van der Waals surface area (Å²) in [6.45, 7) is 6.55. The van der Waals surface area contributed by atoms with Crippen molar-refractivity contribution in [3.8, 4) is 0 Å². The largest absolute Gasteiger partial charge is 0.450 e. The van der Waals surface area contributed by atoms with E-state index in [1.807, 2.05) is 4.90 Å². The molecule has 0 aromatic rings. The van der Waals surface area contributed by atoms with Crippen LogP contribution in [0, 0.1) is 5.92 Å². The smallest absolute Gasteiger partial charge is 0.409 e. The normalized spacial score (nSPS) is 24.1. The fourth-order valence-electron chi connectivity index (χ4n) is 2.85. The lowest BCUT2D eigenvalue weighted by Gasteiger charge is -2.35. The van der Waals surface area contributed by atoms with Crippen molar-refractivity contribution in [1.82, 2.24) is 15.1 Å². The molecule has 2 aliphatic rings. The van der Waals surface area contributed by atoms with Gasteiger partial charge in [0.25, 0.3) is 0 Å². The molecule has 2 saturated heterocycles. The van der Waals surface area contributed by atoms with E-state index < -0.39 is 0 Å². The summed E-state index contributed by atoms with van der Waals surface area (Å²) in [6, 6.07) is 0. The third-order valence-electron chi connectivity index (χ3n) is 4.04. The van der Waals surface area contributed by atoms with Crippen molar-refractivity contribution in [2.75, 3.05) is 45.9 Å². The second kappa shape index (κ2) is 7.47. The lowest BCUT2D eigenvalue weighted by atomic mass is 9.98. The number of carbonyl (C=O) groups excluding carboxylic acids is 2. The first-order valence-corrected chi connectivity index (χ1v) is 7.63. The van der Waals surface area contributed by atoms with Crippen LogP contribution in [0.15, 0.2) is 0 Å². The van der Waals surface area contributed by atoms with Crippen molar-refractivity contribution in [2.24, 2.45) is 5.92 Å². The molecule has 0 radical (unpaired) electrons. The van der Waals surface area contributed by atoms with Gasteiger partial charge in [0.05, 0.1) is 6.61 Å². The fraction of sp³-hybridized carbons (Fsp3) is 0.857. The standard InChI is InChI=1S/C14H25N3O3/c1-2-20-14(19)17-10-8-16(9-11-17)13(18)12-4-3-6-15-7-5-12/h12,15H,2-11H2,1H3/t12-/m1/s1. The van der Waals surface area contributed by atoms with Crippen molar-refractivity contribution in [2.45, 2.75) is 26.2 Å². The highest BCUT2D eigenvalue weighted by Crippen LogP contribution is 2.18. The third kappa shape index (κ3) is 3.85. The molecule has 0 aliphatic carbocycles. The number of nitrogens with zero attached hydrogens (tertiary/aromatic N) is 2. The maximum absolute atomic E-state index is 12.5. The van der Waals surface area contributed by atoms with Crippen LogP contribution in [0.4, 0.5) is 4.79 Å². The minimum atomic E-state index is -0.265. The van der Waals surface area contributed by atoms with Crippen molar-refractivity contribution >= 4 is 12.0 Å². The molecular formula is C14H25N3O3. The van der Waals surface area contributed by atoms with Crippen LogP contribution in [-0.4, -0.2) is 67.7 Å². The average Bonchev–Trinajstić information content (AvgIpc) is 2.76. The summed E-state index contributed by atoms with van der Waals surface area (Å²) >= 11 is 0. The molecule has 1 N–H and O–H groups in total. The number of hydrogen-bond donors (Lipinski definition) is 1. The monoisotopic (exact) mass is 283 g/mol. The Morgan fingerprint density at radius 1 is 1.10 bits per heavy atom. The number of ether oxygens (including phenoxy) is 1. The minimum absolute atomic E-state index is 0.152. The molecule has 2 rings (SSSR count).